The van der Waals surface area contributed by atoms with Crippen molar-refractivity contribution in [1.82, 2.24) is 10.2 Å². The molecule has 110 valence electrons. The number of nitrogens with one attached hydrogen (secondary N) is 1. The van der Waals surface area contributed by atoms with E-state index in [0.29, 0.717) is 19.1 Å². The molecule has 0 aliphatic carbocycles. The molecule has 5 heteroatoms. The zero-order valence-corrected chi connectivity index (χ0v) is 13.4. The van der Waals surface area contributed by atoms with E-state index in [0.717, 1.165) is 23.3 Å². The van der Waals surface area contributed by atoms with Crippen molar-refractivity contribution >= 4 is 21.8 Å². The molecule has 20 heavy (non-hydrogen) atoms. The van der Waals surface area contributed by atoms with Gasteiger partial charge in [-0.3, -0.25) is 4.79 Å². The third-order valence-corrected chi connectivity index (χ3v) is 4.15. The predicted molar refractivity (Wildman–Crippen MR) is 82.9 cm³/mol. The summed E-state index contributed by atoms with van der Waals surface area (Å²) in [6.07, 6.45) is 2.79. The summed E-state index contributed by atoms with van der Waals surface area (Å²) in [5.41, 5.74) is 0. The number of hydrogen-bond donors (Lipinski definition) is 1. The van der Waals surface area contributed by atoms with Crippen LogP contribution in [0.5, 0.6) is 5.75 Å². The van der Waals surface area contributed by atoms with Crippen LogP contribution in [0.2, 0.25) is 0 Å². The highest BCUT2D eigenvalue weighted by Gasteiger charge is 2.20. The molecular weight excluding hydrogens is 320 g/mol. The maximum atomic E-state index is 11.7. The number of halogens is 1. The predicted octanol–water partition coefficient (Wildman–Crippen LogP) is 2.43. The lowest BCUT2D eigenvalue weighted by molar-refractivity contribution is -0.121. The minimum atomic E-state index is 0.0578. The summed E-state index contributed by atoms with van der Waals surface area (Å²) in [4.78, 5) is 14.0. The van der Waals surface area contributed by atoms with Crippen LogP contribution in [0.15, 0.2) is 28.7 Å². The number of ether oxygens (including phenoxy) is 1. The van der Waals surface area contributed by atoms with Crippen LogP contribution in [0.1, 0.15) is 19.3 Å². The van der Waals surface area contributed by atoms with Crippen LogP contribution >= 0.6 is 15.9 Å². The first-order valence-corrected chi connectivity index (χ1v) is 7.80. The molecule has 1 aliphatic rings. The Morgan fingerprint density at radius 3 is 2.85 bits per heavy atom. The van der Waals surface area contributed by atoms with E-state index in [4.69, 9.17) is 4.74 Å². The minimum absolute atomic E-state index is 0.0578. The number of likely N-dealkylation sites (N-methyl/N-ethyl adjacent to an activating group) is 1. The van der Waals surface area contributed by atoms with Crippen molar-refractivity contribution in [2.45, 2.75) is 25.3 Å². The van der Waals surface area contributed by atoms with Gasteiger partial charge in [0, 0.05) is 17.1 Å². The number of benzene rings is 1. The molecule has 2 rings (SSSR count). The van der Waals surface area contributed by atoms with E-state index < -0.39 is 0 Å². The van der Waals surface area contributed by atoms with Crippen molar-refractivity contribution in [2.24, 2.45) is 0 Å². The molecule has 1 saturated heterocycles. The Kier molecular flexibility index (Phi) is 5.86. The second-order valence-corrected chi connectivity index (χ2v) is 6.05. The lowest BCUT2D eigenvalue weighted by atomic mass is 10.2. The van der Waals surface area contributed by atoms with E-state index in [1.807, 2.05) is 24.3 Å². The molecule has 0 radical (unpaired) electrons. The van der Waals surface area contributed by atoms with Crippen LogP contribution in [-0.2, 0) is 4.79 Å². The van der Waals surface area contributed by atoms with Crippen molar-refractivity contribution < 1.29 is 9.53 Å². The molecule has 4 nitrogen and oxygen atoms in total. The van der Waals surface area contributed by atoms with Crippen LogP contribution in [0.25, 0.3) is 0 Å². The standard InChI is InChI=1S/C15H21BrN2O2/c1-18-9-2-3-13(18)11-17-15(19)8-10-20-14-6-4-12(16)5-7-14/h4-7,13H,2-3,8-11H2,1H3,(H,17,19)/t13-/m0/s1. The van der Waals surface area contributed by atoms with Crippen molar-refractivity contribution in [3.8, 4) is 5.75 Å². The molecule has 0 spiro atoms. The summed E-state index contributed by atoms with van der Waals surface area (Å²) in [6.45, 7) is 2.29. The molecule has 1 aliphatic heterocycles. The molecule has 0 saturated carbocycles. The Morgan fingerprint density at radius 1 is 1.45 bits per heavy atom. The summed E-state index contributed by atoms with van der Waals surface area (Å²) < 4.78 is 6.55. The minimum Gasteiger partial charge on any atom is -0.493 e. The van der Waals surface area contributed by atoms with Gasteiger partial charge < -0.3 is 15.0 Å². The van der Waals surface area contributed by atoms with Gasteiger partial charge in [-0.2, -0.15) is 0 Å². The van der Waals surface area contributed by atoms with Gasteiger partial charge in [-0.1, -0.05) is 15.9 Å². The largest absolute Gasteiger partial charge is 0.493 e. The van der Waals surface area contributed by atoms with E-state index in [2.05, 4.69) is 33.2 Å². The lowest BCUT2D eigenvalue weighted by Crippen LogP contribution is -2.38. The van der Waals surface area contributed by atoms with Gasteiger partial charge in [0.2, 0.25) is 5.91 Å². The van der Waals surface area contributed by atoms with Crippen molar-refractivity contribution in [2.75, 3.05) is 26.7 Å². The average Bonchev–Trinajstić information content (AvgIpc) is 2.84. The van der Waals surface area contributed by atoms with Crippen molar-refractivity contribution in [1.29, 1.82) is 0 Å². The van der Waals surface area contributed by atoms with Gasteiger partial charge in [0.1, 0.15) is 5.75 Å². The van der Waals surface area contributed by atoms with E-state index >= 15 is 0 Å². The molecule has 1 amide bonds. The Hall–Kier alpha value is -1.07. The lowest BCUT2D eigenvalue weighted by Gasteiger charge is -2.19. The van der Waals surface area contributed by atoms with E-state index in [9.17, 15) is 4.79 Å². The summed E-state index contributed by atoms with van der Waals surface area (Å²) in [7, 11) is 2.11. The van der Waals surface area contributed by atoms with Gasteiger partial charge in [-0.25, -0.2) is 0 Å². The van der Waals surface area contributed by atoms with Crippen LogP contribution in [0, 0.1) is 0 Å². The number of hydrogen-bond acceptors (Lipinski definition) is 3. The molecule has 1 N–H and O–H groups in total. The molecule has 0 bridgehead atoms. The molecule has 0 unspecified atom stereocenters. The molecule has 1 aromatic carbocycles. The molecule has 0 aromatic heterocycles. The van der Waals surface area contributed by atoms with E-state index in [-0.39, 0.29) is 5.91 Å². The molecule has 1 heterocycles. The highest BCUT2D eigenvalue weighted by Crippen LogP contribution is 2.16. The van der Waals surface area contributed by atoms with Gasteiger partial charge in [-0.15, -0.1) is 0 Å². The smallest absolute Gasteiger partial charge is 0.223 e. The maximum absolute atomic E-state index is 11.7. The second-order valence-electron chi connectivity index (χ2n) is 5.13. The van der Waals surface area contributed by atoms with Crippen LogP contribution in [0.3, 0.4) is 0 Å². The average molecular weight is 341 g/mol. The van der Waals surface area contributed by atoms with E-state index in [1.54, 1.807) is 0 Å². The van der Waals surface area contributed by atoms with Crippen molar-refractivity contribution in [3.63, 3.8) is 0 Å². The molecule has 1 aromatic rings. The quantitative estimate of drug-likeness (QED) is 0.864. The van der Waals surface area contributed by atoms with E-state index in [1.165, 1.54) is 12.8 Å². The fourth-order valence-corrected chi connectivity index (χ4v) is 2.61. The zero-order chi connectivity index (χ0) is 14.4. The van der Waals surface area contributed by atoms with Gasteiger partial charge in [-0.05, 0) is 50.7 Å². The topological polar surface area (TPSA) is 41.6 Å². The fourth-order valence-electron chi connectivity index (χ4n) is 2.35. The van der Waals surface area contributed by atoms with Crippen LogP contribution in [-0.4, -0.2) is 43.6 Å². The third kappa shape index (κ3) is 4.80. The Morgan fingerprint density at radius 2 is 2.20 bits per heavy atom. The molecule has 1 atom stereocenters. The monoisotopic (exact) mass is 340 g/mol. The van der Waals surface area contributed by atoms with Gasteiger partial charge in [0.25, 0.3) is 0 Å². The number of carbonyl (C=O) groups excluding carboxylic acids is 1. The molecular formula is C15H21BrN2O2. The number of carbonyl (C=O) groups is 1. The fraction of sp³-hybridized carbons (Fsp3) is 0.533. The van der Waals surface area contributed by atoms with Crippen molar-refractivity contribution in [3.05, 3.63) is 28.7 Å². The second kappa shape index (κ2) is 7.64. The summed E-state index contributed by atoms with van der Waals surface area (Å²) in [5, 5.41) is 2.98. The number of rotatable bonds is 6. The number of amides is 1. The Bertz CT molecular complexity index is 436. The third-order valence-electron chi connectivity index (χ3n) is 3.62. The van der Waals surface area contributed by atoms with Gasteiger partial charge in [0.15, 0.2) is 0 Å². The normalized spacial score (nSPS) is 19.0. The Labute approximate surface area is 128 Å². The number of nitrogens with zero attached hydrogens (tertiary/aromatic N) is 1. The summed E-state index contributed by atoms with van der Waals surface area (Å²) in [6, 6.07) is 8.10. The highest BCUT2D eigenvalue weighted by molar-refractivity contribution is 9.10. The first-order chi connectivity index (χ1) is 9.65. The number of likely N-dealkylation sites (tertiary alicyclic amines) is 1. The maximum Gasteiger partial charge on any atom is 0.223 e. The SMILES string of the molecule is CN1CCC[C@H]1CNC(=O)CCOc1ccc(Br)cc1. The summed E-state index contributed by atoms with van der Waals surface area (Å²) >= 11 is 3.37. The Balaban J connectivity index is 1.61. The van der Waals surface area contributed by atoms with Crippen LogP contribution in [0.4, 0.5) is 0 Å². The zero-order valence-electron chi connectivity index (χ0n) is 11.8. The highest BCUT2D eigenvalue weighted by atomic mass is 79.9. The summed E-state index contributed by atoms with van der Waals surface area (Å²) in [5.74, 6) is 0.846. The van der Waals surface area contributed by atoms with Gasteiger partial charge in [0.05, 0.1) is 13.0 Å². The van der Waals surface area contributed by atoms with Gasteiger partial charge >= 0.3 is 0 Å². The van der Waals surface area contributed by atoms with Crippen LogP contribution < -0.4 is 10.1 Å². The molecule has 1 fully saturated rings. The first-order valence-electron chi connectivity index (χ1n) is 7.00. The first kappa shape index (κ1) is 15.3.